The van der Waals surface area contributed by atoms with E-state index in [4.69, 9.17) is 5.21 Å². The van der Waals surface area contributed by atoms with Crippen LogP contribution in [0, 0.1) is 0 Å². The molecule has 1 aliphatic rings. The number of nitrogens with zero attached hydrogens (tertiary/aromatic N) is 2. The van der Waals surface area contributed by atoms with Gasteiger partial charge in [0.1, 0.15) is 6.21 Å². The van der Waals surface area contributed by atoms with Gasteiger partial charge in [0.25, 0.3) is 0 Å². The highest BCUT2D eigenvalue weighted by atomic mass is 16.4. The van der Waals surface area contributed by atoms with Crippen LogP contribution in [0.1, 0.15) is 57.8 Å². The first-order chi connectivity index (χ1) is 8.83. The third-order valence-corrected chi connectivity index (χ3v) is 3.55. The van der Waals surface area contributed by atoms with Crippen molar-refractivity contribution in [2.45, 2.75) is 57.8 Å². The number of carbonyl (C=O) groups excluding carboxylic acids is 1. The lowest BCUT2D eigenvalue weighted by Gasteiger charge is -2.19. The van der Waals surface area contributed by atoms with Crippen LogP contribution in [0.2, 0.25) is 0 Å². The van der Waals surface area contributed by atoms with Crippen LogP contribution in [-0.4, -0.2) is 41.7 Å². The molecule has 4 heteroatoms. The summed E-state index contributed by atoms with van der Waals surface area (Å²) in [5, 5.41) is 10.9. The number of oxime groups is 1. The van der Waals surface area contributed by atoms with E-state index >= 15 is 0 Å². The van der Waals surface area contributed by atoms with E-state index in [9.17, 15) is 4.79 Å². The van der Waals surface area contributed by atoms with Gasteiger partial charge in [-0.25, -0.2) is 0 Å². The van der Waals surface area contributed by atoms with Crippen LogP contribution in [0.25, 0.3) is 0 Å². The summed E-state index contributed by atoms with van der Waals surface area (Å²) < 4.78 is 0. The molecule has 1 saturated heterocycles. The van der Waals surface area contributed by atoms with Gasteiger partial charge in [0.05, 0.1) is 0 Å². The molecule has 0 radical (unpaired) electrons. The van der Waals surface area contributed by atoms with Crippen molar-refractivity contribution in [2.24, 2.45) is 5.16 Å². The molecule has 0 aromatic carbocycles. The Morgan fingerprint density at radius 3 is 2.39 bits per heavy atom. The largest absolute Gasteiger partial charge is 0.411 e. The molecule has 18 heavy (non-hydrogen) atoms. The van der Waals surface area contributed by atoms with E-state index in [0.717, 1.165) is 19.1 Å². The molecular formula is C14H26N2O2. The molecule has 0 atom stereocenters. The van der Waals surface area contributed by atoms with Gasteiger partial charge < -0.3 is 10.1 Å². The number of rotatable bonds is 8. The predicted molar refractivity (Wildman–Crippen MR) is 73.3 cm³/mol. The average molecular weight is 254 g/mol. The normalized spacial score (nSPS) is 18.0. The van der Waals surface area contributed by atoms with Crippen molar-refractivity contribution >= 4 is 12.0 Å². The molecule has 1 rings (SSSR count). The van der Waals surface area contributed by atoms with Crippen molar-refractivity contribution in [1.82, 2.24) is 4.90 Å². The number of Topliss-reactive ketones (excluding diaryl/α,β-unsaturated/α-hetero) is 1. The quantitative estimate of drug-likeness (QED) is 0.313. The SMILES string of the molecule is O=C(/C=N/O)CCCCCCN1CCCCCC1. The summed E-state index contributed by atoms with van der Waals surface area (Å²) in [5.74, 6) is -0.0787. The minimum absolute atomic E-state index is 0.0787. The van der Waals surface area contributed by atoms with Crippen LogP contribution in [0.15, 0.2) is 5.16 Å². The van der Waals surface area contributed by atoms with Gasteiger partial charge in [0.15, 0.2) is 5.78 Å². The van der Waals surface area contributed by atoms with E-state index in [0.29, 0.717) is 6.42 Å². The Morgan fingerprint density at radius 2 is 1.72 bits per heavy atom. The van der Waals surface area contributed by atoms with Crippen LogP contribution in [-0.2, 0) is 4.79 Å². The van der Waals surface area contributed by atoms with Crippen molar-refractivity contribution in [3.05, 3.63) is 0 Å². The Bertz CT molecular complexity index is 246. The number of hydrogen-bond donors (Lipinski definition) is 1. The van der Waals surface area contributed by atoms with Crippen molar-refractivity contribution in [3.63, 3.8) is 0 Å². The van der Waals surface area contributed by atoms with E-state index in [1.807, 2.05) is 0 Å². The second-order valence-electron chi connectivity index (χ2n) is 5.13. The zero-order valence-corrected chi connectivity index (χ0v) is 11.3. The number of likely N-dealkylation sites (tertiary alicyclic amines) is 1. The molecular weight excluding hydrogens is 228 g/mol. The summed E-state index contributed by atoms with van der Waals surface area (Å²) in [6.45, 7) is 3.75. The summed E-state index contributed by atoms with van der Waals surface area (Å²) in [5.41, 5.74) is 0. The van der Waals surface area contributed by atoms with E-state index in [1.54, 1.807) is 0 Å². The number of carbonyl (C=O) groups is 1. The summed E-state index contributed by atoms with van der Waals surface area (Å²) in [6, 6.07) is 0. The lowest BCUT2D eigenvalue weighted by Crippen LogP contribution is -2.25. The summed E-state index contributed by atoms with van der Waals surface area (Å²) in [6.07, 6.45) is 11.4. The second-order valence-corrected chi connectivity index (χ2v) is 5.13. The first-order valence-corrected chi connectivity index (χ1v) is 7.25. The molecule has 0 unspecified atom stereocenters. The Hall–Kier alpha value is -0.900. The molecule has 0 aliphatic carbocycles. The van der Waals surface area contributed by atoms with E-state index in [1.165, 1.54) is 58.2 Å². The number of hydrogen-bond acceptors (Lipinski definition) is 4. The summed E-state index contributed by atoms with van der Waals surface area (Å²) in [7, 11) is 0. The topological polar surface area (TPSA) is 52.9 Å². The van der Waals surface area contributed by atoms with Gasteiger partial charge in [-0.1, -0.05) is 30.8 Å². The van der Waals surface area contributed by atoms with Crippen molar-refractivity contribution in [3.8, 4) is 0 Å². The molecule has 1 heterocycles. The zero-order valence-electron chi connectivity index (χ0n) is 11.3. The molecule has 0 aromatic rings. The van der Waals surface area contributed by atoms with Gasteiger partial charge >= 0.3 is 0 Å². The molecule has 104 valence electrons. The summed E-state index contributed by atoms with van der Waals surface area (Å²) in [4.78, 5) is 13.6. The fraction of sp³-hybridized carbons (Fsp3) is 0.857. The fourth-order valence-corrected chi connectivity index (χ4v) is 2.48. The molecule has 1 aliphatic heterocycles. The Balaban J connectivity index is 1.93. The van der Waals surface area contributed by atoms with Crippen LogP contribution in [0.3, 0.4) is 0 Å². The average Bonchev–Trinajstić information content (AvgIpc) is 2.62. The van der Waals surface area contributed by atoms with Crippen LogP contribution >= 0.6 is 0 Å². The highest BCUT2D eigenvalue weighted by Crippen LogP contribution is 2.11. The summed E-state index contributed by atoms with van der Waals surface area (Å²) >= 11 is 0. The number of ketones is 1. The Labute approximate surface area is 110 Å². The standard InChI is InChI=1S/C14H26N2O2/c17-14(13-15-18)9-5-1-2-6-10-16-11-7-3-4-8-12-16/h13,18H,1-12H2/b15-13+. The monoisotopic (exact) mass is 254 g/mol. The highest BCUT2D eigenvalue weighted by molar-refractivity contribution is 6.27. The third-order valence-electron chi connectivity index (χ3n) is 3.55. The highest BCUT2D eigenvalue weighted by Gasteiger charge is 2.07. The van der Waals surface area contributed by atoms with Crippen LogP contribution in [0.4, 0.5) is 0 Å². The smallest absolute Gasteiger partial charge is 0.177 e. The van der Waals surface area contributed by atoms with Gasteiger partial charge in [-0.15, -0.1) is 0 Å². The van der Waals surface area contributed by atoms with Crippen molar-refractivity contribution in [2.75, 3.05) is 19.6 Å². The Kier molecular flexibility index (Phi) is 8.47. The van der Waals surface area contributed by atoms with E-state index < -0.39 is 0 Å². The van der Waals surface area contributed by atoms with Crippen molar-refractivity contribution in [1.29, 1.82) is 0 Å². The Morgan fingerprint density at radius 1 is 1.06 bits per heavy atom. The van der Waals surface area contributed by atoms with Gasteiger partial charge in [0.2, 0.25) is 0 Å². The van der Waals surface area contributed by atoms with Gasteiger partial charge in [-0.2, -0.15) is 0 Å². The van der Waals surface area contributed by atoms with Gasteiger partial charge in [-0.3, -0.25) is 4.79 Å². The maximum Gasteiger partial charge on any atom is 0.177 e. The predicted octanol–water partition coefficient (Wildman–Crippen LogP) is 2.84. The zero-order chi connectivity index (χ0) is 13.1. The van der Waals surface area contributed by atoms with E-state index in [-0.39, 0.29) is 5.78 Å². The van der Waals surface area contributed by atoms with Crippen molar-refractivity contribution < 1.29 is 10.0 Å². The maximum absolute atomic E-state index is 11.0. The molecule has 1 fully saturated rings. The molecule has 0 spiro atoms. The van der Waals surface area contributed by atoms with Gasteiger partial charge in [0, 0.05) is 6.42 Å². The maximum atomic E-state index is 11.0. The van der Waals surface area contributed by atoms with E-state index in [2.05, 4.69) is 10.1 Å². The molecule has 0 bridgehead atoms. The molecule has 0 saturated carbocycles. The first-order valence-electron chi connectivity index (χ1n) is 7.25. The fourth-order valence-electron chi connectivity index (χ4n) is 2.48. The lowest BCUT2D eigenvalue weighted by atomic mass is 10.1. The second kappa shape index (κ2) is 10.1. The molecule has 4 nitrogen and oxygen atoms in total. The minimum atomic E-state index is -0.0787. The third kappa shape index (κ3) is 7.43. The van der Waals surface area contributed by atoms with Gasteiger partial charge in [-0.05, 0) is 45.3 Å². The van der Waals surface area contributed by atoms with Crippen LogP contribution < -0.4 is 0 Å². The minimum Gasteiger partial charge on any atom is -0.411 e. The molecule has 0 amide bonds. The molecule has 0 aromatic heterocycles. The lowest BCUT2D eigenvalue weighted by molar-refractivity contribution is -0.112. The molecule has 1 N–H and O–H groups in total. The number of unbranched alkanes of at least 4 members (excludes halogenated alkanes) is 3. The first kappa shape index (κ1) is 15.2. The van der Waals surface area contributed by atoms with Crippen LogP contribution in [0.5, 0.6) is 0 Å².